The van der Waals surface area contributed by atoms with Crippen LogP contribution in [-0.2, 0) is 19.7 Å². The lowest BCUT2D eigenvalue weighted by Crippen LogP contribution is -2.17. The van der Waals surface area contributed by atoms with Gasteiger partial charge in [0.25, 0.3) is 0 Å². The lowest BCUT2D eigenvalue weighted by atomic mass is 10.1. The van der Waals surface area contributed by atoms with E-state index in [-0.39, 0.29) is 12.4 Å². The number of halogens is 2. The number of methoxy groups -OCH3 is 1. The van der Waals surface area contributed by atoms with Crippen LogP contribution in [0.25, 0.3) is 0 Å². The Morgan fingerprint density at radius 2 is 2.00 bits per heavy atom. The van der Waals surface area contributed by atoms with Crippen molar-refractivity contribution >= 4 is 28.3 Å². The SMILES string of the molecule is COc1cc(Br)cc(CNCCCn2ccnc2)c1OCc1ccccc1.Cl. The lowest BCUT2D eigenvalue weighted by molar-refractivity contribution is 0.280. The van der Waals surface area contributed by atoms with Crippen LogP contribution in [0.5, 0.6) is 11.5 Å². The maximum absolute atomic E-state index is 6.12. The maximum Gasteiger partial charge on any atom is 0.166 e. The zero-order chi connectivity index (χ0) is 18.9. The molecule has 0 spiro atoms. The highest BCUT2D eigenvalue weighted by Crippen LogP contribution is 2.35. The third kappa shape index (κ3) is 6.55. The van der Waals surface area contributed by atoms with Gasteiger partial charge in [0.1, 0.15) is 6.61 Å². The number of rotatable bonds is 10. The van der Waals surface area contributed by atoms with E-state index in [1.807, 2.05) is 36.8 Å². The smallest absolute Gasteiger partial charge is 0.166 e. The number of ether oxygens (including phenoxy) is 2. The minimum absolute atomic E-state index is 0. The molecule has 28 heavy (non-hydrogen) atoms. The lowest BCUT2D eigenvalue weighted by Gasteiger charge is -2.16. The van der Waals surface area contributed by atoms with E-state index in [1.54, 1.807) is 13.3 Å². The monoisotopic (exact) mass is 465 g/mol. The Bertz CT molecular complexity index is 829. The highest BCUT2D eigenvalue weighted by atomic mass is 79.9. The number of nitrogens with zero attached hydrogens (tertiary/aromatic N) is 2. The van der Waals surface area contributed by atoms with Gasteiger partial charge in [-0.2, -0.15) is 0 Å². The molecule has 0 atom stereocenters. The normalized spacial score (nSPS) is 10.4. The van der Waals surface area contributed by atoms with Crippen LogP contribution in [-0.4, -0.2) is 23.2 Å². The molecule has 3 aromatic rings. The highest BCUT2D eigenvalue weighted by Gasteiger charge is 2.13. The van der Waals surface area contributed by atoms with Crippen molar-refractivity contribution in [3.63, 3.8) is 0 Å². The van der Waals surface area contributed by atoms with Gasteiger partial charge in [-0.05, 0) is 30.7 Å². The zero-order valence-corrected chi connectivity index (χ0v) is 18.2. The summed E-state index contributed by atoms with van der Waals surface area (Å²) in [6.45, 7) is 3.08. The van der Waals surface area contributed by atoms with Crippen molar-refractivity contribution in [1.29, 1.82) is 0 Å². The van der Waals surface area contributed by atoms with Crippen LogP contribution in [0.4, 0.5) is 0 Å². The minimum Gasteiger partial charge on any atom is -0.493 e. The predicted octanol–water partition coefficient (Wildman–Crippen LogP) is 4.83. The Morgan fingerprint density at radius 3 is 2.71 bits per heavy atom. The highest BCUT2D eigenvalue weighted by molar-refractivity contribution is 9.10. The van der Waals surface area contributed by atoms with E-state index in [4.69, 9.17) is 9.47 Å². The second kappa shape index (κ2) is 11.7. The summed E-state index contributed by atoms with van der Waals surface area (Å²) in [5.41, 5.74) is 2.20. The Hall–Kier alpha value is -2.02. The van der Waals surface area contributed by atoms with E-state index in [0.717, 1.165) is 46.6 Å². The molecule has 1 heterocycles. The summed E-state index contributed by atoms with van der Waals surface area (Å²) in [7, 11) is 1.67. The second-order valence-corrected chi connectivity index (χ2v) is 7.12. The first-order chi connectivity index (χ1) is 13.3. The number of aryl methyl sites for hydroxylation is 1. The van der Waals surface area contributed by atoms with Crippen LogP contribution in [0.3, 0.4) is 0 Å². The molecule has 0 amide bonds. The van der Waals surface area contributed by atoms with Gasteiger partial charge < -0.3 is 19.4 Å². The van der Waals surface area contributed by atoms with E-state index in [9.17, 15) is 0 Å². The molecular weight excluding hydrogens is 442 g/mol. The van der Waals surface area contributed by atoms with Gasteiger partial charge in [0.05, 0.1) is 13.4 Å². The molecule has 0 fully saturated rings. The number of imidazole rings is 1. The van der Waals surface area contributed by atoms with Gasteiger partial charge >= 0.3 is 0 Å². The molecule has 0 bridgehead atoms. The van der Waals surface area contributed by atoms with E-state index in [2.05, 4.69) is 49.0 Å². The third-order valence-corrected chi connectivity index (χ3v) is 4.64. The number of hydrogen-bond donors (Lipinski definition) is 1. The molecule has 0 aliphatic rings. The molecular formula is C21H25BrClN3O2. The topological polar surface area (TPSA) is 48.3 Å². The van der Waals surface area contributed by atoms with Crippen molar-refractivity contribution in [3.8, 4) is 11.5 Å². The summed E-state index contributed by atoms with van der Waals surface area (Å²) in [6, 6.07) is 14.1. The predicted molar refractivity (Wildman–Crippen MR) is 117 cm³/mol. The third-order valence-electron chi connectivity index (χ3n) is 4.19. The number of aromatic nitrogens is 2. The molecule has 3 rings (SSSR count). The first kappa shape index (κ1) is 22.3. The molecule has 0 unspecified atom stereocenters. The summed E-state index contributed by atoms with van der Waals surface area (Å²) in [5, 5.41) is 3.49. The fraction of sp³-hybridized carbons (Fsp3) is 0.286. The molecule has 0 radical (unpaired) electrons. The summed E-state index contributed by atoms with van der Waals surface area (Å²) >= 11 is 3.56. The summed E-state index contributed by atoms with van der Waals surface area (Å²) in [6.07, 6.45) is 6.66. The molecule has 0 saturated heterocycles. The molecule has 0 aliphatic heterocycles. The Kier molecular flexibility index (Phi) is 9.34. The zero-order valence-electron chi connectivity index (χ0n) is 15.8. The minimum atomic E-state index is 0. The van der Waals surface area contributed by atoms with E-state index < -0.39 is 0 Å². The summed E-state index contributed by atoms with van der Waals surface area (Å²) in [5.74, 6) is 1.52. The van der Waals surface area contributed by atoms with Gasteiger partial charge in [-0.15, -0.1) is 12.4 Å². The van der Waals surface area contributed by atoms with Gasteiger partial charge in [0.2, 0.25) is 0 Å². The van der Waals surface area contributed by atoms with E-state index in [1.165, 1.54) is 0 Å². The van der Waals surface area contributed by atoms with Crippen molar-refractivity contribution in [1.82, 2.24) is 14.9 Å². The molecule has 0 aliphatic carbocycles. The van der Waals surface area contributed by atoms with Crippen LogP contribution in [0.1, 0.15) is 17.5 Å². The largest absolute Gasteiger partial charge is 0.493 e. The molecule has 0 saturated carbocycles. The van der Waals surface area contributed by atoms with Crippen LogP contribution in [0.15, 0.2) is 65.7 Å². The van der Waals surface area contributed by atoms with Crippen molar-refractivity contribution < 1.29 is 9.47 Å². The second-order valence-electron chi connectivity index (χ2n) is 6.20. The van der Waals surface area contributed by atoms with E-state index in [0.29, 0.717) is 13.2 Å². The molecule has 1 N–H and O–H groups in total. The van der Waals surface area contributed by atoms with Crippen molar-refractivity contribution in [2.75, 3.05) is 13.7 Å². The number of hydrogen-bond acceptors (Lipinski definition) is 4. The first-order valence-electron chi connectivity index (χ1n) is 8.96. The van der Waals surface area contributed by atoms with Crippen LogP contribution in [0.2, 0.25) is 0 Å². The van der Waals surface area contributed by atoms with Gasteiger partial charge in [0.15, 0.2) is 11.5 Å². The molecule has 7 heteroatoms. The summed E-state index contributed by atoms with van der Waals surface area (Å²) in [4.78, 5) is 4.06. The van der Waals surface area contributed by atoms with Crippen molar-refractivity contribution in [2.45, 2.75) is 26.1 Å². The quantitative estimate of drug-likeness (QED) is 0.435. The Labute approximate surface area is 180 Å². The number of nitrogens with one attached hydrogen (secondary N) is 1. The van der Waals surface area contributed by atoms with E-state index >= 15 is 0 Å². The van der Waals surface area contributed by atoms with Crippen LogP contribution < -0.4 is 14.8 Å². The average Bonchev–Trinajstić information content (AvgIpc) is 3.20. The fourth-order valence-electron chi connectivity index (χ4n) is 2.83. The Balaban J connectivity index is 0.00000280. The molecule has 5 nitrogen and oxygen atoms in total. The van der Waals surface area contributed by atoms with Gasteiger partial charge in [0, 0.05) is 35.5 Å². The molecule has 2 aromatic carbocycles. The molecule has 1 aromatic heterocycles. The van der Waals surface area contributed by atoms with Crippen LogP contribution >= 0.6 is 28.3 Å². The van der Waals surface area contributed by atoms with Gasteiger partial charge in [-0.1, -0.05) is 46.3 Å². The average molecular weight is 467 g/mol. The standard InChI is InChI=1S/C21H24BrN3O2.ClH/c1-26-20-13-19(22)12-18(14-23-8-5-10-25-11-9-24-16-25)21(20)27-15-17-6-3-2-4-7-17;/h2-4,6-7,9,11-13,16,23H,5,8,10,14-15H2,1H3;1H. The maximum atomic E-state index is 6.12. The van der Waals surface area contributed by atoms with Gasteiger partial charge in [-0.3, -0.25) is 0 Å². The van der Waals surface area contributed by atoms with Crippen molar-refractivity contribution in [3.05, 3.63) is 76.8 Å². The Morgan fingerprint density at radius 1 is 1.18 bits per heavy atom. The first-order valence-corrected chi connectivity index (χ1v) is 9.75. The molecule has 150 valence electrons. The van der Waals surface area contributed by atoms with Crippen LogP contribution in [0, 0.1) is 0 Å². The summed E-state index contributed by atoms with van der Waals surface area (Å²) < 4.78 is 14.7. The van der Waals surface area contributed by atoms with Crippen molar-refractivity contribution in [2.24, 2.45) is 0 Å². The number of benzene rings is 2. The van der Waals surface area contributed by atoms with Gasteiger partial charge in [-0.25, -0.2) is 4.98 Å². The fourth-order valence-corrected chi connectivity index (χ4v) is 3.31.